The molecule has 8 bridgehead atoms. The third-order valence-electron chi connectivity index (χ3n) is 9.72. The van der Waals surface area contributed by atoms with E-state index < -0.39 is 11.9 Å². The number of esters is 2. The maximum Gasteiger partial charge on any atom is 0.321 e. The van der Waals surface area contributed by atoms with Gasteiger partial charge in [0, 0.05) is 51.9 Å². The second-order valence-corrected chi connectivity index (χ2v) is 12.1. The number of ether oxygens (including phenoxy) is 2. The normalized spacial score (nSPS) is 25.5. The van der Waals surface area contributed by atoms with Crippen LogP contribution in [0.15, 0.2) is 120 Å². The number of nitrogens with one attached hydrogen (secondary N) is 1. The largest absolute Gasteiger partial charge is 0.515 e. The van der Waals surface area contributed by atoms with Crippen LogP contribution in [0.5, 0.6) is 0 Å². The first-order valence-corrected chi connectivity index (χ1v) is 15.9. The Hall–Kier alpha value is -5.12. The quantitative estimate of drug-likeness (QED) is 0.206. The highest BCUT2D eigenvalue weighted by Crippen LogP contribution is 2.47. The molecule has 2 N–H and O–H groups in total. The van der Waals surface area contributed by atoms with Gasteiger partial charge >= 0.3 is 11.9 Å². The smallest absolute Gasteiger partial charge is 0.321 e. The molecule has 3 unspecified atom stereocenters. The van der Waals surface area contributed by atoms with Gasteiger partial charge in [0.1, 0.15) is 5.92 Å². The summed E-state index contributed by atoms with van der Waals surface area (Å²) in [6.07, 6.45) is 9.57. The minimum atomic E-state index is -1.21. The van der Waals surface area contributed by atoms with E-state index in [4.69, 9.17) is 24.5 Å². The summed E-state index contributed by atoms with van der Waals surface area (Å²) < 4.78 is 10.4. The van der Waals surface area contributed by atoms with Gasteiger partial charge in [0.2, 0.25) is 0 Å². The van der Waals surface area contributed by atoms with E-state index in [0.29, 0.717) is 62.8 Å². The van der Waals surface area contributed by atoms with Crippen molar-refractivity contribution in [1.29, 1.82) is 0 Å². The van der Waals surface area contributed by atoms with Crippen molar-refractivity contribution in [3.63, 3.8) is 0 Å². The van der Waals surface area contributed by atoms with Crippen LogP contribution in [0.25, 0.3) is 0 Å². The van der Waals surface area contributed by atoms with Crippen molar-refractivity contribution in [2.45, 2.75) is 53.9 Å². The molecule has 0 radical (unpaired) electrons. The van der Waals surface area contributed by atoms with Crippen molar-refractivity contribution in [3.8, 4) is 0 Å². The zero-order chi connectivity index (χ0) is 33.7. The minimum Gasteiger partial charge on any atom is -0.515 e. The first kappa shape index (κ1) is 31.8. The zero-order valence-electron chi connectivity index (χ0n) is 27.5. The van der Waals surface area contributed by atoms with Crippen LogP contribution in [-0.4, -0.2) is 53.7 Å². The van der Waals surface area contributed by atoms with Crippen LogP contribution in [0.1, 0.15) is 53.9 Å². The van der Waals surface area contributed by atoms with Crippen LogP contribution >= 0.6 is 0 Å². The topological polar surface area (TPSA) is 139 Å². The molecule has 1 aliphatic carbocycles. The maximum atomic E-state index is 14.2. The number of aliphatic hydroxyl groups excluding tert-OH is 1. The summed E-state index contributed by atoms with van der Waals surface area (Å²) in [7, 11) is 1.35. The number of hydrogen-bond donors (Lipinski definition) is 2. The fourth-order valence-corrected chi connectivity index (χ4v) is 7.22. The Kier molecular flexibility index (Phi) is 8.29. The summed E-state index contributed by atoms with van der Waals surface area (Å²) in [6.45, 7) is 13.7. The van der Waals surface area contributed by atoms with E-state index in [0.717, 1.165) is 40.9 Å². The molecular formula is C37H38N4O6. The summed E-state index contributed by atoms with van der Waals surface area (Å²) in [5.74, 6) is -3.09. The molecule has 1 saturated heterocycles. The molecule has 0 aromatic rings. The van der Waals surface area contributed by atoms with E-state index in [2.05, 4.69) is 18.8 Å². The highest BCUT2D eigenvalue weighted by Gasteiger charge is 2.52. The van der Waals surface area contributed by atoms with Crippen LogP contribution in [0.4, 0.5) is 0 Å². The van der Waals surface area contributed by atoms with Crippen LogP contribution < -0.4 is 5.32 Å². The van der Waals surface area contributed by atoms with Crippen molar-refractivity contribution in [1.82, 2.24) is 5.32 Å². The first-order valence-electron chi connectivity index (χ1n) is 15.9. The third kappa shape index (κ3) is 5.03. The monoisotopic (exact) mass is 634 g/mol. The number of carbonyl (C=O) groups excluding carboxylic acids is 3. The number of aliphatic imine (C=N–C) groups is 3. The van der Waals surface area contributed by atoms with Gasteiger partial charge in [-0.3, -0.25) is 14.4 Å². The number of rotatable bonds is 7. The fraction of sp³-hybridized carbons (Fsp3) is 0.351. The summed E-state index contributed by atoms with van der Waals surface area (Å²) in [5.41, 5.74) is 9.70. The molecule has 0 aromatic carbocycles. The number of fused-ring (bicyclic) bond motifs is 5. The van der Waals surface area contributed by atoms with Gasteiger partial charge in [-0.15, -0.1) is 0 Å². The van der Waals surface area contributed by atoms with Gasteiger partial charge in [0.15, 0.2) is 5.78 Å². The summed E-state index contributed by atoms with van der Waals surface area (Å²) in [5, 5.41) is 13.9. The molecule has 0 amide bonds. The number of Topliss-reactive ketones (excluding diaryl/α,β-unsaturated/α-hetero) is 1. The molecule has 47 heavy (non-hydrogen) atoms. The summed E-state index contributed by atoms with van der Waals surface area (Å²) in [4.78, 5) is 54.9. The van der Waals surface area contributed by atoms with Crippen LogP contribution in [0.3, 0.4) is 0 Å². The lowest BCUT2D eigenvalue weighted by Crippen LogP contribution is -2.27. The molecule has 6 rings (SSSR count). The SMILES string of the molecule is C=CC1=C2C=C3N=C(C=C4N=C5C(=C4C)C(=O)C(C(=O)OCC)C5=C4NC(=CC(=N2)C1=CO)C(C)C4CCC(=O)OC)C(CC)=C3C. The van der Waals surface area contributed by atoms with Crippen LogP contribution in [0.2, 0.25) is 0 Å². The lowest BCUT2D eigenvalue weighted by Gasteiger charge is -2.19. The Balaban J connectivity index is 1.67. The number of ketones is 1. The molecule has 0 aromatic heterocycles. The van der Waals surface area contributed by atoms with Crippen molar-refractivity contribution in [3.05, 3.63) is 105 Å². The number of nitrogens with zero attached hydrogens (tertiary/aromatic N) is 3. The molecule has 3 atom stereocenters. The molecule has 2 fully saturated rings. The molecule has 0 spiro atoms. The Morgan fingerprint density at radius 2 is 1.81 bits per heavy atom. The predicted molar refractivity (Wildman–Crippen MR) is 179 cm³/mol. The third-order valence-corrected chi connectivity index (χ3v) is 9.72. The zero-order valence-corrected chi connectivity index (χ0v) is 27.5. The van der Waals surface area contributed by atoms with Crippen molar-refractivity contribution in [2.24, 2.45) is 32.7 Å². The molecule has 6 aliphatic rings. The predicted octanol–water partition coefficient (Wildman–Crippen LogP) is 5.77. The molecule has 5 heterocycles. The highest BCUT2D eigenvalue weighted by molar-refractivity contribution is 6.42. The van der Waals surface area contributed by atoms with Crippen LogP contribution in [-0.2, 0) is 23.9 Å². The van der Waals surface area contributed by atoms with Gasteiger partial charge in [0.25, 0.3) is 0 Å². The average molecular weight is 635 g/mol. The Morgan fingerprint density at radius 1 is 1.06 bits per heavy atom. The van der Waals surface area contributed by atoms with Gasteiger partial charge in [-0.25, -0.2) is 15.0 Å². The number of aliphatic hydroxyl groups is 1. The van der Waals surface area contributed by atoms with Gasteiger partial charge < -0.3 is 19.9 Å². The summed E-state index contributed by atoms with van der Waals surface area (Å²) in [6, 6.07) is 0. The van der Waals surface area contributed by atoms with Crippen molar-refractivity contribution < 1.29 is 29.0 Å². The highest BCUT2D eigenvalue weighted by atomic mass is 16.5. The standard InChI is InChI=1S/C37H38N4O6/c1-8-20-17(4)24-13-28-21(9-2)23(16-42)29(39-28)14-25-18(5)22(11-12-30(43)46-7)34(40-25)32-33(37(45)47-10-3)36(44)31-19(6)26(41-35(31)32)15-27(20)38-24/h9,13-16,18,22,33,40,42H,2,8,10-12H2,1,3-7H3. The number of carbonyl (C=O) groups is 3. The average Bonchev–Trinajstić information content (AvgIpc) is 3.80. The first-order chi connectivity index (χ1) is 22.6. The van der Waals surface area contributed by atoms with Crippen LogP contribution in [0, 0.1) is 17.8 Å². The van der Waals surface area contributed by atoms with Crippen molar-refractivity contribution in [2.75, 3.05) is 13.7 Å². The van der Waals surface area contributed by atoms with E-state index in [1.807, 2.05) is 39.0 Å². The van der Waals surface area contributed by atoms with Crippen molar-refractivity contribution >= 4 is 34.9 Å². The maximum absolute atomic E-state index is 14.2. The van der Waals surface area contributed by atoms with E-state index >= 15 is 0 Å². The van der Waals surface area contributed by atoms with E-state index in [1.54, 1.807) is 13.0 Å². The van der Waals surface area contributed by atoms with Gasteiger partial charge in [-0.2, -0.15) is 0 Å². The van der Waals surface area contributed by atoms with Gasteiger partial charge in [0.05, 0.1) is 54.2 Å². The fourth-order valence-electron chi connectivity index (χ4n) is 7.22. The number of methoxy groups -OCH3 is 1. The molecule has 10 heteroatoms. The summed E-state index contributed by atoms with van der Waals surface area (Å²) >= 11 is 0. The molecule has 1 saturated carbocycles. The minimum absolute atomic E-state index is 0.111. The molecule has 10 nitrogen and oxygen atoms in total. The second-order valence-electron chi connectivity index (χ2n) is 12.1. The lowest BCUT2D eigenvalue weighted by molar-refractivity contribution is -0.148. The Labute approximate surface area is 273 Å². The number of allylic oxidation sites excluding steroid dienone is 12. The molecule has 5 aliphatic heterocycles. The Morgan fingerprint density at radius 3 is 2.47 bits per heavy atom. The molecule has 242 valence electrons. The lowest BCUT2D eigenvalue weighted by atomic mass is 9.85. The van der Waals surface area contributed by atoms with E-state index in [1.165, 1.54) is 7.11 Å². The van der Waals surface area contributed by atoms with E-state index in [9.17, 15) is 19.5 Å². The van der Waals surface area contributed by atoms with Gasteiger partial charge in [-0.05, 0) is 68.6 Å². The van der Waals surface area contributed by atoms with E-state index in [-0.39, 0.29) is 36.6 Å². The van der Waals surface area contributed by atoms with Gasteiger partial charge in [-0.1, -0.05) is 26.5 Å². The Bertz CT molecular complexity index is 1900. The second kappa shape index (κ2) is 12.2. The molecular weight excluding hydrogens is 596 g/mol. The number of hydrogen-bond acceptors (Lipinski definition) is 10.